The summed E-state index contributed by atoms with van der Waals surface area (Å²) >= 11 is 5.59. The van der Waals surface area contributed by atoms with E-state index >= 15 is 0 Å². The maximum Gasteiger partial charge on any atom is 0.264 e. The first-order valence-electron chi connectivity index (χ1n) is 11.6. The van der Waals surface area contributed by atoms with Crippen LogP contribution in [0, 0.1) is 0 Å². The van der Waals surface area contributed by atoms with Gasteiger partial charge >= 0.3 is 0 Å². The molecule has 4 aromatic rings. The Balaban J connectivity index is 1.28. The summed E-state index contributed by atoms with van der Waals surface area (Å²) in [6, 6.07) is 9.40. The number of nitrogens with one attached hydrogen (secondary N) is 3. The largest absolute Gasteiger partial charge is 0.504 e. The third kappa shape index (κ3) is 4.87. The van der Waals surface area contributed by atoms with Gasteiger partial charge in [-0.15, -0.1) is 0 Å². The second-order valence-electron chi connectivity index (χ2n) is 8.71. The third-order valence-electron chi connectivity index (χ3n) is 6.23. The lowest BCUT2D eigenvalue weighted by Gasteiger charge is -2.37. The van der Waals surface area contributed by atoms with E-state index < -0.39 is 15.9 Å². The molecule has 1 saturated heterocycles. The number of piperazine rings is 1. The second-order valence-corrected chi connectivity index (χ2v) is 10.8. The molecule has 0 atom stereocenters. The Morgan fingerprint density at radius 3 is 2.50 bits per heavy atom. The van der Waals surface area contributed by atoms with Crippen molar-refractivity contribution in [3.8, 4) is 11.5 Å². The topological polar surface area (TPSA) is 153 Å². The molecule has 0 spiro atoms. The van der Waals surface area contributed by atoms with Crippen molar-refractivity contribution in [1.82, 2.24) is 24.6 Å². The molecule has 198 valence electrons. The molecule has 0 radical (unpaired) electrons. The maximum absolute atomic E-state index is 12.1. The van der Waals surface area contributed by atoms with Gasteiger partial charge in [0.25, 0.3) is 10.0 Å². The van der Waals surface area contributed by atoms with Crippen LogP contribution in [0.25, 0.3) is 21.9 Å². The highest BCUT2D eigenvalue weighted by Gasteiger charge is 2.24. The van der Waals surface area contributed by atoms with Crippen LogP contribution in [0.5, 0.6) is 11.5 Å². The minimum atomic E-state index is -3.90. The van der Waals surface area contributed by atoms with E-state index in [-0.39, 0.29) is 10.6 Å². The highest BCUT2D eigenvalue weighted by molar-refractivity contribution is 7.90. The lowest BCUT2D eigenvalue weighted by Crippen LogP contribution is -2.50. The Bertz CT molecular complexity index is 1650. The molecule has 2 aromatic heterocycles. The summed E-state index contributed by atoms with van der Waals surface area (Å²) in [7, 11) is -2.39. The van der Waals surface area contributed by atoms with E-state index in [1.807, 2.05) is 9.62 Å². The highest BCUT2D eigenvalue weighted by Crippen LogP contribution is 2.37. The van der Waals surface area contributed by atoms with Crippen molar-refractivity contribution in [3.63, 3.8) is 0 Å². The molecule has 4 N–H and O–H groups in total. The standard InChI is InChI=1S/C24H25N7O5S2/c1-14(32)29-38(34,35)16-5-3-15(4-6-16)27-24(37)31-9-7-30(8-10-31)23-21-17-11-20(36-2)19(33)12-18(17)28-22(21)25-13-26-23/h3-6,11-13,33H,7-10H2,1-2H3,(H,27,37)(H,29,32)(H,25,26,28). The SMILES string of the molecule is COc1cc2c(cc1O)[nH]c1ncnc(N3CCN(C(=S)Nc4ccc(S(=O)(=O)NC(C)=O)cc4)CC3)c12. The Kier molecular flexibility index (Phi) is 6.67. The number of H-pyrrole nitrogens is 1. The van der Waals surface area contributed by atoms with Crippen molar-refractivity contribution < 1.29 is 23.1 Å². The van der Waals surface area contributed by atoms with Crippen molar-refractivity contribution in [3.05, 3.63) is 42.7 Å². The lowest BCUT2D eigenvalue weighted by molar-refractivity contribution is -0.117. The third-order valence-corrected chi connectivity index (χ3v) is 8.04. The van der Waals surface area contributed by atoms with Gasteiger partial charge in [-0.3, -0.25) is 4.79 Å². The number of nitrogens with zero attached hydrogens (tertiary/aromatic N) is 4. The quantitative estimate of drug-likeness (QED) is 0.268. The Labute approximate surface area is 223 Å². The predicted octanol–water partition coefficient (Wildman–Crippen LogP) is 2.17. The molecular formula is C24H25N7O5S2. The molecule has 5 rings (SSSR count). The second kappa shape index (κ2) is 9.95. The van der Waals surface area contributed by atoms with Gasteiger partial charge < -0.3 is 29.9 Å². The fraction of sp³-hybridized carbons (Fsp3) is 0.250. The molecule has 38 heavy (non-hydrogen) atoms. The van der Waals surface area contributed by atoms with Crippen LogP contribution in [-0.4, -0.2) is 77.7 Å². The predicted molar refractivity (Wildman–Crippen MR) is 147 cm³/mol. The summed E-state index contributed by atoms with van der Waals surface area (Å²) in [6.07, 6.45) is 1.51. The van der Waals surface area contributed by atoms with Gasteiger partial charge in [0.05, 0.1) is 22.9 Å². The number of sulfonamides is 1. The average Bonchev–Trinajstić information content (AvgIpc) is 3.25. The van der Waals surface area contributed by atoms with Gasteiger partial charge in [-0.25, -0.2) is 23.1 Å². The number of fused-ring (bicyclic) bond motifs is 3. The molecule has 1 aliphatic rings. The number of hydrogen-bond donors (Lipinski definition) is 4. The van der Waals surface area contributed by atoms with Crippen LogP contribution in [0.1, 0.15) is 6.92 Å². The molecule has 2 aromatic carbocycles. The van der Waals surface area contributed by atoms with Crippen LogP contribution in [0.15, 0.2) is 47.6 Å². The fourth-order valence-electron chi connectivity index (χ4n) is 4.42. The Hall–Kier alpha value is -4.17. The van der Waals surface area contributed by atoms with Crippen LogP contribution in [0.2, 0.25) is 0 Å². The zero-order valence-corrected chi connectivity index (χ0v) is 22.2. The number of thiocarbonyl (C=S) groups is 1. The Morgan fingerprint density at radius 1 is 1.13 bits per heavy atom. The van der Waals surface area contributed by atoms with Crippen molar-refractivity contribution in [2.24, 2.45) is 0 Å². The first kappa shape index (κ1) is 25.5. The van der Waals surface area contributed by atoms with E-state index in [0.29, 0.717) is 48.4 Å². The molecule has 14 heteroatoms. The number of carbonyl (C=O) groups excluding carboxylic acids is 1. The number of aromatic hydroxyl groups is 1. The number of phenols is 1. The molecular weight excluding hydrogens is 530 g/mol. The number of anilines is 2. The normalized spacial score (nSPS) is 14.1. The van der Waals surface area contributed by atoms with Crippen LogP contribution >= 0.6 is 12.2 Å². The minimum Gasteiger partial charge on any atom is -0.504 e. The number of methoxy groups -OCH3 is 1. The van der Waals surface area contributed by atoms with Crippen LogP contribution in [-0.2, 0) is 14.8 Å². The number of carbonyl (C=O) groups is 1. The lowest BCUT2D eigenvalue weighted by atomic mass is 10.1. The minimum absolute atomic E-state index is 0.0148. The molecule has 12 nitrogen and oxygen atoms in total. The molecule has 0 aliphatic carbocycles. The van der Waals surface area contributed by atoms with Crippen LogP contribution in [0.3, 0.4) is 0 Å². The van der Waals surface area contributed by atoms with E-state index in [4.69, 9.17) is 17.0 Å². The van der Waals surface area contributed by atoms with Crippen LogP contribution < -0.4 is 19.7 Å². The molecule has 1 fully saturated rings. The van der Waals surface area contributed by atoms with Gasteiger partial charge in [-0.2, -0.15) is 0 Å². The molecule has 0 saturated carbocycles. The zero-order chi connectivity index (χ0) is 27.0. The van der Waals surface area contributed by atoms with Gasteiger partial charge in [0.15, 0.2) is 16.6 Å². The van der Waals surface area contributed by atoms with E-state index in [1.54, 1.807) is 24.3 Å². The number of hydrogen-bond acceptors (Lipinski definition) is 9. The molecule has 3 heterocycles. The first-order chi connectivity index (χ1) is 18.2. The van der Waals surface area contributed by atoms with Gasteiger partial charge in [-0.1, -0.05) is 0 Å². The van der Waals surface area contributed by atoms with Crippen molar-refractivity contribution in [1.29, 1.82) is 0 Å². The zero-order valence-electron chi connectivity index (χ0n) is 20.6. The van der Waals surface area contributed by atoms with Crippen LogP contribution in [0.4, 0.5) is 11.5 Å². The van der Waals surface area contributed by atoms with Crippen molar-refractivity contribution in [2.75, 3.05) is 43.5 Å². The first-order valence-corrected chi connectivity index (χ1v) is 13.5. The summed E-state index contributed by atoms with van der Waals surface area (Å²) in [6.45, 7) is 3.73. The number of amides is 1. The summed E-state index contributed by atoms with van der Waals surface area (Å²) in [5, 5.41) is 15.5. The Morgan fingerprint density at radius 2 is 1.84 bits per heavy atom. The maximum atomic E-state index is 12.1. The number of phenolic OH excluding ortho intramolecular Hbond substituents is 1. The molecule has 0 unspecified atom stereocenters. The molecule has 1 aliphatic heterocycles. The fourth-order valence-corrected chi connectivity index (χ4v) is 5.71. The average molecular weight is 556 g/mol. The number of aromatic amines is 1. The summed E-state index contributed by atoms with van der Waals surface area (Å²) in [5.74, 6) is 0.539. The summed E-state index contributed by atoms with van der Waals surface area (Å²) in [4.78, 5) is 27.5. The molecule has 0 bridgehead atoms. The summed E-state index contributed by atoms with van der Waals surface area (Å²) in [5.41, 5.74) is 2.04. The molecule has 1 amide bonds. The van der Waals surface area contributed by atoms with E-state index in [1.165, 1.54) is 25.6 Å². The smallest absolute Gasteiger partial charge is 0.264 e. The van der Waals surface area contributed by atoms with Gasteiger partial charge in [-0.05, 0) is 42.5 Å². The van der Waals surface area contributed by atoms with Gasteiger partial charge in [0.1, 0.15) is 17.8 Å². The number of ether oxygens (including phenoxy) is 1. The van der Waals surface area contributed by atoms with Gasteiger partial charge in [0.2, 0.25) is 5.91 Å². The van der Waals surface area contributed by atoms with Gasteiger partial charge in [0, 0.05) is 50.2 Å². The summed E-state index contributed by atoms with van der Waals surface area (Å²) < 4.78 is 31.5. The monoisotopic (exact) mass is 555 g/mol. The number of rotatable bonds is 5. The van der Waals surface area contributed by atoms with E-state index in [2.05, 4.69) is 25.2 Å². The van der Waals surface area contributed by atoms with E-state index in [9.17, 15) is 18.3 Å². The number of benzene rings is 2. The highest BCUT2D eigenvalue weighted by atomic mass is 32.2. The number of aromatic nitrogens is 3. The van der Waals surface area contributed by atoms with Crippen molar-refractivity contribution >= 4 is 66.7 Å². The van der Waals surface area contributed by atoms with E-state index in [0.717, 1.165) is 29.0 Å². The van der Waals surface area contributed by atoms with Crippen molar-refractivity contribution in [2.45, 2.75) is 11.8 Å².